The first kappa shape index (κ1) is 7.41. The van der Waals surface area contributed by atoms with Gasteiger partial charge >= 0.3 is 0 Å². The number of aryl methyl sites for hydroxylation is 1. The van der Waals surface area contributed by atoms with Crippen molar-refractivity contribution in [2.24, 2.45) is 0 Å². The molecule has 0 saturated heterocycles. The maximum atomic E-state index is 12.6. The van der Waals surface area contributed by atoms with Crippen molar-refractivity contribution in [3.05, 3.63) is 23.5 Å². The number of halogens is 1. The van der Waals surface area contributed by atoms with Crippen molar-refractivity contribution in [1.29, 1.82) is 0 Å². The molecule has 0 heterocycles. The van der Waals surface area contributed by atoms with E-state index in [-0.39, 0.29) is 16.5 Å². The molecule has 0 aliphatic rings. The summed E-state index contributed by atoms with van der Waals surface area (Å²) in [5.74, 6) is -0.329. The Kier molecular flexibility index (Phi) is 1.85. The lowest BCUT2D eigenvalue weighted by molar-refractivity contribution is 0.458. The lowest BCUT2D eigenvalue weighted by Gasteiger charge is -1.99. The molecule has 0 fully saturated rings. The molecule has 0 bridgehead atoms. The lowest BCUT2D eigenvalue weighted by Crippen LogP contribution is -1.81. The molecule has 0 atom stereocenters. The van der Waals surface area contributed by atoms with Gasteiger partial charge in [0.1, 0.15) is 11.6 Å². The predicted molar refractivity (Wildman–Crippen MR) is 40.1 cm³/mol. The zero-order valence-electron chi connectivity index (χ0n) is 5.43. The third kappa shape index (κ3) is 1.24. The van der Waals surface area contributed by atoms with Crippen LogP contribution in [0.1, 0.15) is 5.56 Å². The molecule has 0 spiro atoms. The highest BCUT2D eigenvalue weighted by Crippen LogP contribution is 2.23. The van der Waals surface area contributed by atoms with E-state index in [2.05, 4.69) is 12.6 Å². The Morgan fingerprint density at radius 2 is 2.10 bits per heavy atom. The molecular weight excluding hydrogens is 151 g/mol. The fourth-order valence-corrected chi connectivity index (χ4v) is 0.834. The van der Waals surface area contributed by atoms with Gasteiger partial charge in [-0.25, -0.2) is 4.39 Å². The molecule has 0 saturated carbocycles. The smallest absolute Gasteiger partial charge is 0.129 e. The summed E-state index contributed by atoms with van der Waals surface area (Å²) in [5, 5.41) is 8.98. The van der Waals surface area contributed by atoms with E-state index < -0.39 is 0 Å². The Balaban J connectivity index is 3.28. The second kappa shape index (κ2) is 2.50. The van der Waals surface area contributed by atoms with Gasteiger partial charge in [0.15, 0.2) is 0 Å². The van der Waals surface area contributed by atoms with Crippen LogP contribution in [0.25, 0.3) is 0 Å². The molecule has 0 radical (unpaired) electrons. The Labute approximate surface area is 63.9 Å². The molecule has 54 valence electrons. The molecule has 0 aliphatic heterocycles. The molecule has 1 aromatic carbocycles. The SMILES string of the molecule is Cc1cc(O)c(S)cc1F. The van der Waals surface area contributed by atoms with Gasteiger partial charge in [-0.15, -0.1) is 12.6 Å². The van der Waals surface area contributed by atoms with Crippen molar-refractivity contribution in [2.75, 3.05) is 0 Å². The number of phenols is 1. The van der Waals surface area contributed by atoms with Crippen molar-refractivity contribution in [2.45, 2.75) is 11.8 Å². The number of hydrogen-bond donors (Lipinski definition) is 2. The van der Waals surface area contributed by atoms with Crippen molar-refractivity contribution < 1.29 is 9.50 Å². The van der Waals surface area contributed by atoms with E-state index in [0.717, 1.165) is 0 Å². The maximum Gasteiger partial charge on any atom is 0.129 e. The molecule has 10 heavy (non-hydrogen) atoms. The van der Waals surface area contributed by atoms with Gasteiger partial charge in [0.05, 0.1) is 0 Å². The Hall–Kier alpha value is -0.700. The van der Waals surface area contributed by atoms with E-state index in [4.69, 9.17) is 5.11 Å². The minimum atomic E-state index is -0.345. The predicted octanol–water partition coefficient (Wildman–Crippen LogP) is 2.13. The molecule has 1 nitrogen and oxygen atoms in total. The van der Waals surface area contributed by atoms with Crippen molar-refractivity contribution in [3.8, 4) is 5.75 Å². The van der Waals surface area contributed by atoms with E-state index in [1.54, 1.807) is 6.92 Å². The average molecular weight is 158 g/mol. The zero-order chi connectivity index (χ0) is 7.72. The van der Waals surface area contributed by atoms with Crippen LogP contribution in [0.4, 0.5) is 4.39 Å². The van der Waals surface area contributed by atoms with Gasteiger partial charge < -0.3 is 5.11 Å². The van der Waals surface area contributed by atoms with Gasteiger partial charge in [0.2, 0.25) is 0 Å². The van der Waals surface area contributed by atoms with Crippen LogP contribution in [-0.4, -0.2) is 5.11 Å². The number of aromatic hydroxyl groups is 1. The van der Waals surface area contributed by atoms with Crippen LogP contribution in [0, 0.1) is 12.7 Å². The quantitative estimate of drug-likeness (QED) is 0.554. The fourth-order valence-electron chi connectivity index (χ4n) is 0.656. The summed E-state index contributed by atoms with van der Waals surface area (Å²) in [6, 6.07) is 2.53. The van der Waals surface area contributed by atoms with Gasteiger partial charge in [-0.2, -0.15) is 0 Å². The molecule has 3 heteroatoms. The molecular formula is C7H7FOS. The van der Waals surface area contributed by atoms with Crippen LogP contribution in [0.2, 0.25) is 0 Å². The highest BCUT2D eigenvalue weighted by Gasteiger charge is 2.01. The van der Waals surface area contributed by atoms with Crippen LogP contribution in [0.5, 0.6) is 5.75 Å². The first-order valence-electron chi connectivity index (χ1n) is 2.79. The monoisotopic (exact) mass is 158 g/mol. The number of benzene rings is 1. The van der Waals surface area contributed by atoms with Gasteiger partial charge in [0, 0.05) is 4.90 Å². The largest absolute Gasteiger partial charge is 0.507 e. The first-order valence-corrected chi connectivity index (χ1v) is 3.24. The summed E-state index contributed by atoms with van der Waals surface area (Å²) in [5.41, 5.74) is 0.426. The van der Waals surface area contributed by atoms with Crippen molar-refractivity contribution in [1.82, 2.24) is 0 Å². The molecule has 0 amide bonds. The van der Waals surface area contributed by atoms with Gasteiger partial charge in [-0.3, -0.25) is 0 Å². The van der Waals surface area contributed by atoms with E-state index in [1.165, 1.54) is 12.1 Å². The number of phenolic OH excluding ortho intramolecular Hbond substituents is 1. The summed E-state index contributed by atoms with van der Waals surface area (Å²) in [4.78, 5) is 0.267. The summed E-state index contributed by atoms with van der Waals surface area (Å²) >= 11 is 3.82. The lowest BCUT2D eigenvalue weighted by atomic mass is 10.2. The molecule has 1 N–H and O–H groups in total. The summed E-state index contributed by atoms with van der Waals surface area (Å²) in [7, 11) is 0. The summed E-state index contributed by atoms with van der Waals surface area (Å²) in [6.07, 6.45) is 0. The topological polar surface area (TPSA) is 20.2 Å². The minimum absolute atomic E-state index is 0.0160. The molecule has 0 aromatic heterocycles. The first-order chi connectivity index (χ1) is 4.61. The number of rotatable bonds is 0. The summed E-state index contributed by atoms with van der Waals surface area (Å²) < 4.78 is 12.6. The van der Waals surface area contributed by atoms with Crippen molar-refractivity contribution >= 4 is 12.6 Å². The summed E-state index contributed by atoms with van der Waals surface area (Å²) in [6.45, 7) is 1.59. The van der Waals surface area contributed by atoms with Crippen LogP contribution in [0.3, 0.4) is 0 Å². The van der Waals surface area contributed by atoms with Gasteiger partial charge in [-0.05, 0) is 24.6 Å². The van der Waals surface area contributed by atoms with Crippen LogP contribution < -0.4 is 0 Å². The van der Waals surface area contributed by atoms with E-state index in [9.17, 15) is 4.39 Å². The Bertz CT molecular complexity index is 210. The minimum Gasteiger partial charge on any atom is -0.507 e. The maximum absolute atomic E-state index is 12.6. The normalized spacial score (nSPS) is 9.90. The van der Waals surface area contributed by atoms with E-state index >= 15 is 0 Å². The number of thiol groups is 1. The standard InChI is InChI=1S/C7H7FOS/c1-4-2-6(9)7(10)3-5(4)8/h2-3,9-10H,1H3. The molecule has 1 rings (SSSR count). The highest BCUT2D eigenvalue weighted by molar-refractivity contribution is 7.80. The molecule has 0 aliphatic carbocycles. The third-order valence-corrected chi connectivity index (χ3v) is 1.61. The van der Waals surface area contributed by atoms with Gasteiger partial charge in [0.25, 0.3) is 0 Å². The van der Waals surface area contributed by atoms with Crippen molar-refractivity contribution in [3.63, 3.8) is 0 Å². The van der Waals surface area contributed by atoms with Crippen LogP contribution in [-0.2, 0) is 0 Å². The van der Waals surface area contributed by atoms with E-state index in [0.29, 0.717) is 5.56 Å². The Morgan fingerprint density at radius 3 is 2.60 bits per heavy atom. The highest BCUT2D eigenvalue weighted by atomic mass is 32.1. The molecule has 1 aromatic rings. The molecule has 0 unspecified atom stereocenters. The Morgan fingerprint density at radius 1 is 1.50 bits per heavy atom. The average Bonchev–Trinajstić information content (AvgIpc) is 1.84. The van der Waals surface area contributed by atoms with Crippen LogP contribution in [0.15, 0.2) is 17.0 Å². The van der Waals surface area contributed by atoms with Gasteiger partial charge in [-0.1, -0.05) is 0 Å². The second-order valence-electron chi connectivity index (χ2n) is 2.09. The van der Waals surface area contributed by atoms with Crippen LogP contribution >= 0.6 is 12.6 Å². The fraction of sp³-hybridized carbons (Fsp3) is 0.143. The second-order valence-corrected chi connectivity index (χ2v) is 2.57. The van der Waals surface area contributed by atoms with E-state index in [1.807, 2.05) is 0 Å². The number of hydrogen-bond acceptors (Lipinski definition) is 2. The zero-order valence-corrected chi connectivity index (χ0v) is 6.32. The third-order valence-electron chi connectivity index (χ3n) is 1.26.